The van der Waals surface area contributed by atoms with Crippen molar-refractivity contribution in [2.75, 3.05) is 0 Å². The molecule has 0 heterocycles. The number of nitrogens with one attached hydrogen (secondary N) is 1. The Balaban J connectivity index is 2.34. The summed E-state index contributed by atoms with van der Waals surface area (Å²) in [5.41, 5.74) is 3.34. The number of nitrogens with two attached hydrogens (primary N) is 1. The van der Waals surface area contributed by atoms with Gasteiger partial charge in [0.05, 0.1) is 6.04 Å². The van der Waals surface area contributed by atoms with E-state index in [9.17, 15) is 8.78 Å². The number of benzene rings is 2. The van der Waals surface area contributed by atoms with Gasteiger partial charge >= 0.3 is 0 Å². The second-order valence-corrected chi connectivity index (χ2v) is 6.17. The highest BCUT2D eigenvalue weighted by molar-refractivity contribution is 9.10. The van der Waals surface area contributed by atoms with E-state index in [2.05, 4.69) is 37.3 Å². The van der Waals surface area contributed by atoms with Crippen LogP contribution in [0.25, 0.3) is 0 Å². The highest BCUT2D eigenvalue weighted by atomic mass is 79.9. The number of hydrazine groups is 1. The van der Waals surface area contributed by atoms with E-state index in [1.807, 2.05) is 24.3 Å². The van der Waals surface area contributed by atoms with Crippen LogP contribution in [0.4, 0.5) is 8.78 Å². The lowest BCUT2D eigenvalue weighted by molar-refractivity contribution is 0.472. The van der Waals surface area contributed by atoms with E-state index in [0.717, 1.165) is 10.0 Å². The first-order valence-electron chi connectivity index (χ1n) is 5.86. The molecule has 20 heavy (non-hydrogen) atoms. The van der Waals surface area contributed by atoms with Gasteiger partial charge in [-0.05, 0) is 36.2 Å². The van der Waals surface area contributed by atoms with E-state index >= 15 is 0 Å². The summed E-state index contributed by atoms with van der Waals surface area (Å²) in [6.45, 7) is 0. The minimum absolute atomic E-state index is 0.0596. The van der Waals surface area contributed by atoms with Crippen molar-refractivity contribution >= 4 is 31.9 Å². The SMILES string of the molecule is NNC(Cc1cccc(Br)c1)c1c(F)cc(Br)cc1F. The molecule has 0 bridgehead atoms. The standard InChI is InChI=1S/C14H12Br2F2N2/c15-9-3-1-2-8(4-9)5-13(20-19)14-11(17)6-10(16)7-12(14)18/h1-4,6-7,13,20H,5,19H2. The molecule has 0 aliphatic heterocycles. The van der Waals surface area contributed by atoms with Crippen LogP contribution in [0.2, 0.25) is 0 Å². The number of hydrogen-bond donors (Lipinski definition) is 2. The van der Waals surface area contributed by atoms with Gasteiger partial charge in [0.2, 0.25) is 0 Å². The lowest BCUT2D eigenvalue weighted by atomic mass is 9.98. The Morgan fingerprint density at radius 3 is 2.25 bits per heavy atom. The van der Waals surface area contributed by atoms with Crippen molar-refractivity contribution in [1.29, 1.82) is 0 Å². The summed E-state index contributed by atoms with van der Waals surface area (Å²) < 4.78 is 29.2. The van der Waals surface area contributed by atoms with Crippen molar-refractivity contribution in [3.05, 3.63) is 68.1 Å². The summed E-state index contributed by atoms with van der Waals surface area (Å²) >= 11 is 6.42. The molecule has 2 nitrogen and oxygen atoms in total. The second-order valence-electron chi connectivity index (χ2n) is 4.34. The third-order valence-electron chi connectivity index (χ3n) is 2.92. The Morgan fingerprint density at radius 1 is 1.05 bits per heavy atom. The van der Waals surface area contributed by atoms with Gasteiger partial charge in [-0.15, -0.1) is 0 Å². The fourth-order valence-corrected chi connectivity index (χ4v) is 2.88. The third kappa shape index (κ3) is 3.63. The largest absolute Gasteiger partial charge is 0.271 e. The Hall–Kier alpha value is -0.820. The fourth-order valence-electron chi connectivity index (χ4n) is 2.03. The van der Waals surface area contributed by atoms with Crippen molar-refractivity contribution in [3.63, 3.8) is 0 Å². The van der Waals surface area contributed by atoms with Gasteiger partial charge in [0.25, 0.3) is 0 Å². The average molecular weight is 406 g/mol. The van der Waals surface area contributed by atoms with Crippen LogP contribution >= 0.6 is 31.9 Å². The van der Waals surface area contributed by atoms with Gasteiger partial charge in [-0.1, -0.05) is 44.0 Å². The average Bonchev–Trinajstić information content (AvgIpc) is 2.36. The summed E-state index contributed by atoms with van der Waals surface area (Å²) in [6.07, 6.45) is 0.380. The maximum absolute atomic E-state index is 14.0. The van der Waals surface area contributed by atoms with Gasteiger partial charge in [-0.3, -0.25) is 11.3 Å². The third-order valence-corrected chi connectivity index (χ3v) is 3.87. The monoisotopic (exact) mass is 404 g/mol. The summed E-state index contributed by atoms with van der Waals surface area (Å²) in [5.74, 6) is 4.20. The predicted molar refractivity (Wildman–Crippen MR) is 82.0 cm³/mol. The zero-order chi connectivity index (χ0) is 14.7. The van der Waals surface area contributed by atoms with E-state index in [1.165, 1.54) is 12.1 Å². The molecule has 6 heteroatoms. The summed E-state index contributed by atoms with van der Waals surface area (Å²) in [5, 5.41) is 0. The smallest absolute Gasteiger partial charge is 0.132 e. The number of rotatable bonds is 4. The first kappa shape index (κ1) is 15.6. The van der Waals surface area contributed by atoms with Crippen LogP contribution in [0.3, 0.4) is 0 Å². The van der Waals surface area contributed by atoms with Crippen LogP contribution in [0.15, 0.2) is 45.3 Å². The summed E-state index contributed by atoms with van der Waals surface area (Å²) in [6, 6.07) is 9.32. The second kappa shape index (κ2) is 6.76. The van der Waals surface area contributed by atoms with Crippen LogP contribution in [0.1, 0.15) is 17.2 Å². The molecule has 0 aliphatic carbocycles. The molecule has 3 N–H and O–H groups in total. The Bertz CT molecular complexity index is 597. The van der Waals surface area contributed by atoms with Crippen LogP contribution in [-0.4, -0.2) is 0 Å². The Labute approximate surface area is 132 Å². The molecule has 106 valence electrons. The molecule has 0 amide bonds. The number of hydrogen-bond acceptors (Lipinski definition) is 2. The topological polar surface area (TPSA) is 38.0 Å². The number of halogens is 4. The quantitative estimate of drug-likeness (QED) is 0.589. The molecule has 0 spiro atoms. The molecule has 0 fully saturated rings. The molecular formula is C14H12Br2F2N2. The van der Waals surface area contributed by atoms with Crippen LogP contribution in [0, 0.1) is 11.6 Å². The maximum atomic E-state index is 14.0. The first-order chi connectivity index (χ1) is 9.51. The molecular weight excluding hydrogens is 394 g/mol. The molecule has 2 aromatic carbocycles. The van der Waals surface area contributed by atoms with Crippen LogP contribution < -0.4 is 11.3 Å². The predicted octanol–water partition coefficient (Wildman–Crippen LogP) is 4.24. The lowest BCUT2D eigenvalue weighted by Crippen LogP contribution is -2.31. The van der Waals surface area contributed by atoms with Crippen LogP contribution in [0.5, 0.6) is 0 Å². The normalized spacial score (nSPS) is 12.4. The minimum atomic E-state index is -0.641. The molecule has 2 rings (SSSR count). The molecule has 2 aromatic rings. The zero-order valence-electron chi connectivity index (χ0n) is 10.3. The summed E-state index contributed by atoms with van der Waals surface area (Å²) in [4.78, 5) is 0. The van der Waals surface area contributed by atoms with Crippen molar-refractivity contribution < 1.29 is 8.78 Å². The first-order valence-corrected chi connectivity index (χ1v) is 7.45. The van der Waals surface area contributed by atoms with Gasteiger partial charge in [0.15, 0.2) is 0 Å². The van der Waals surface area contributed by atoms with Gasteiger partial charge in [0, 0.05) is 14.5 Å². The van der Waals surface area contributed by atoms with E-state index < -0.39 is 17.7 Å². The highest BCUT2D eigenvalue weighted by Gasteiger charge is 2.20. The van der Waals surface area contributed by atoms with Crippen molar-refractivity contribution in [2.24, 2.45) is 5.84 Å². The maximum Gasteiger partial charge on any atom is 0.132 e. The van der Waals surface area contributed by atoms with E-state index in [1.54, 1.807) is 0 Å². The molecule has 0 saturated carbocycles. The van der Waals surface area contributed by atoms with E-state index in [0.29, 0.717) is 10.9 Å². The molecule has 1 unspecified atom stereocenters. The van der Waals surface area contributed by atoms with E-state index in [-0.39, 0.29) is 5.56 Å². The van der Waals surface area contributed by atoms with Gasteiger partial charge in [-0.25, -0.2) is 8.78 Å². The molecule has 1 atom stereocenters. The molecule has 0 aliphatic rings. The lowest BCUT2D eigenvalue weighted by Gasteiger charge is -2.18. The summed E-state index contributed by atoms with van der Waals surface area (Å²) in [7, 11) is 0. The van der Waals surface area contributed by atoms with Gasteiger partial charge in [-0.2, -0.15) is 0 Å². The Kier molecular flexibility index (Phi) is 5.26. The van der Waals surface area contributed by atoms with Gasteiger partial charge < -0.3 is 0 Å². The fraction of sp³-hybridized carbons (Fsp3) is 0.143. The highest BCUT2D eigenvalue weighted by Crippen LogP contribution is 2.27. The van der Waals surface area contributed by atoms with Crippen LogP contribution in [-0.2, 0) is 6.42 Å². The zero-order valence-corrected chi connectivity index (χ0v) is 13.5. The Morgan fingerprint density at radius 2 is 1.70 bits per heavy atom. The van der Waals surface area contributed by atoms with E-state index in [4.69, 9.17) is 5.84 Å². The van der Waals surface area contributed by atoms with Crippen molar-refractivity contribution in [1.82, 2.24) is 5.43 Å². The molecule has 0 radical (unpaired) electrons. The molecule has 0 saturated heterocycles. The molecule has 0 aromatic heterocycles. The van der Waals surface area contributed by atoms with Crippen molar-refractivity contribution in [2.45, 2.75) is 12.5 Å². The van der Waals surface area contributed by atoms with Crippen molar-refractivity contribution in [3.8, 4) is 0 Å². The van der Waals surface area contributed by atoms with Gasteiger partial charge in [0.1, 0.15) is 11.6 Å². The minimum Gasteiger partial charge on any atom is -0.271 e.